The first-order valence-electron chi connectivity index (χ1n) is 6.28. The predicted octanol–water partition coefficient (Wildman–Crippen LogP) is 2.86. The molecule has 1 aromatic heterocycles. The molecule has 17 heavy (non-hydrogen) atoms. The van der Waals surface area contributed by atoms with Crippen LogP contribution in [0.15, 0.2) is 42.7 Å². The van der Waals surface area contributed by atoms with Crippen LogP contribution in [0.4, 0.5) is 5.69 Å². The molecule has 0 atom stereocenters. The third kappa shape index (κ3) is 2.18. The SMILES string of the molecule is c1ccc(-n2cc(N3CCCCC3)cn2)cc1. The van der Waals surface area contributed by atoms with E-state index in [0.717, 1.165) is 5.69 Å². The molecule has 88 valence electrons. The standard InChI is InChI=1S/C14H17N3/c1-3-7-13(8-4-1)17-12-14(11-15-17)16-9-5-2-6-10-16/h1,3-4,7-8,11-12H,2,5-6,9-10H2. The number of benzene rings is 1. The third-order valence-corrected chi connectivity index (χ3v) is 3.31. The van der Waals surface area contributed by atoms with Crippen LogP contribution in [0.5, 0.6) is 0 Å². The Hall–Kier alpha value is -1.77. The van der Waals surface area contributed by atoms with E-state index < -0.39 is 0 Å². The van der Waals surface area contributed by atoms with Gasteiger partial charge in [0.1, 0.15) is 0 Å². The van der Waals surface area contributed by atoms with Crippen molar-refractivity contribution in [3.8, 4) is 5.69 Å². The molecule has 0 saturated carbocycles. The Balaban J connectivity index is 1.83. The topological polar surface area (TPSA) is 21.1 Å². The van der Waals surface area contributed by atoms with E-state index in [-0.39, 0.29) is 0 Å². The van der Waals surface area contributed by atoms with Gasteiger partial charge in [0.05, 0.1) is 23.8 Å². The van der Waals surface area contributed by atoms with Gasteiger partial charge in [-0.05, 0) is 31.4 Å². The van der Waals surface area contributed by atoms with Gasteiger partial charge in [-0.2, -0.15) is 5.10 Å². The van der Waals surface area contributed by atoms with Gasteiger partial charge >= 0.3 is 0 Å². The Morgan fingerprint density at radius 2 is 1.65 bits per heavy atom. The van der Waals surface area contributed by atoms with Crippen LogP contribution in [-0.2, 0) is 0 Å². The molecule has 0 amide bonds. The molecule has 1 saturated heterocycles. The number of rotatable bonds is 2. The average molecular weight is 227 g/mol. The Bertz CT molecular complexity index is 469. The van der Waals surface area contributed by atoms with Gasteiger partial charge in [-0.15, -0.1) is 0 Å². The fourth-order valence-electron chi connectivity index (χ4n) is 2.35. The summed E-state index contributed by atoms with van der Waals surface area (Å²) in [5.41, 5.74) is 2.37. The maximum atomic E-state index is 4.44. The van der Waals surface area contributed by atoms with Crippen LogP contribution in [0.2, 0.25) is 0 Å². The third-order valence-electron chi connectivity index (χ3n) is 3.31. The second-order valence-corrected chi connectivity index (χ2v) is 4.53. The van der Waals surface area contributed by atoms with E-state index in [1.807, 2.05) is 29.1 Å². The fourth-order valence-corrected chi connectivity index (χ4v) is 2.35. The zero-order valence-electron chi connectivity index (χ0n) is 9.92. The van der Waals surface area contributed by atoms with Gasteiger partial charge in [0.25, 0.3) is 0 Å². The van der Waals surface area contributed by atoms with Crippen molar-refractivity contribution in [1.82, 2.24) is 9.78 Å². The molecule has 0 radical (unpaired) electrons. The van der Waals surface area contributed by atoms with Crippen molar-refractivity contribution in [2.75, 3.05) is 18.0 Å². The largest absolute Gasteiger partial charge is 0.369 e. The minimum Gasteiger partial charge on any atom is -0.369 e. The van der Waals surface area contributed by atoms with E-state index in [0.29, 0.717) is 0 Å². The van der Waals surface area contributed by atoms with Crippen LogP contribution in [0.3, 0.4) is 0 Å². The van der Waals surface area contributed by atoms with Crippen LogP contribution in [0, 0.1) is 0 Å². The van der Waals surface area contributed by atoms with Crippen molar-refractivity contribution in [3.63, 3.8) is 0 Å². The molecule has 1 aliphatic heterocycles. The lowest BCUT2D eigenvalue weighted by Crippen LogP contribution is -2.28. The van der Waals surface area contributed by atoms with Gasteiger partial charge in [0.2, 0.25) is 0 Å². The molecular formula is C14H17N3. The number of aromatic nitrogens is 2. The smallest absolute Gasteiger partial charge is 0.0757 e. The highest BCUT2D eigenvalue weighted by molar-refractivity contribution is 5.45. The maximum absolute atomic E-state index is 4.44. The Kier molecular flexibility index (Phi) is 2.82. The van der Waals surface area contributed by atoms with Gasteiger partial charge in [-0.3, -0.25) is 0 Å². The molecule has 0 bridgehead atoms. The minimum absolute atomic E-state index is 1.12. The molecule has 0 N–H and O–H groups in total. The summed E-state index contributed by atoms with van der Waals surface area (Å²) in [6.07, 6.45) is 8.06. The fraction of sp³-hybridized carbons (Fsp3) is 0.357. The Morgan fingerprint density at radius 3 is 2.41 bits per heavy atom. The van der Waals surface area contributed by atoms with E-state index in [9.17, 15) is 0 Å². The zero-order valence-corrected chi connectivity index (χ0v) is 9.92. The van der Waals surface area contributed by atoms with Crippen LogP contribution in [0.25, 0.3) is 5.69 Å². The first-order chi connectivity index (χ1) is 8.43. The van der Waals surface area contributed by atoms with Crippen molar-refractivity contribution in [2.24, 2.45) is 0 Å². The van der Waals surface area contributed by atoms with Crippen LogP contribution >= 0.6 is 0 Å². The summed E-state index contributed by atoms with van der Waals surface area (Å²) in [5, 5.41) is 4.44. The summed E-state index contributed by atoms with van der Waals surface area (Å²) in [5.74, 6) is 0. The molecule has 0 spiro atoms. The van der Waals surface area contributed by atoms with Crippen molar-refractivity contribution < 1.29 is 0 Å². The van der Waals surface area contributed by atoms with Crippen molar-refractivity contribution in [1.29, 1.82) is 0 Å². The molecule has 2 aromatic rings. The molecule has 0 unspecified atom stereocenters. The maximum Gasteiger partial charge on any atom is 0.0757 e. The summed E-state index contributed by atoms with van der Waals surface area (Å²) in [7, 11) is 0. The zero-order chi connectivity index (χ0) is 11.5. The summed E-state index contributed by atoms with van der Waals surface area (Å²) in [4.78, 5) is 2.43. The van der Waals surface area contributed by atoms with Gasteiger partial charge in [0, 0.05) is 13.1 Å². The summed E-state index contributed by atoms with van der Waals surface area (Å²) < 4.78 is 1.95. The molecule has 3 heteroatoms. The number of hydrogen-bond acceptors (Lipinski definition) is 2. The highest BCUT2D eigenvalue weighted by Gasteiger charge is 2.12. The lowest BCUT2D eigenvalue weighted by molar-refractivity contribution is 0.578. The summed E-state index contributed by atoms with van der Waals surface area (Å²) in [6, 6.07) is 10.3. The van der Waals surface area contributed by atoms with Crippen LogP contribution < -0.4 is 4.90 Å². The number of nitrogens with zero attached hydrogens (tertiary/aromatic N) is 3. The average Bonchev–Trinajstić information content (AvgIpc) is 2.90. The summed E-state index contributed by atoms with van der Waals surface area (Å²) in [6.45, 7) is 2.33. The first kappa shape index (κ1) is 10.4. The predicted molar refractivity (Wildman–Crippen MR) is 69.6 cm³/mol. The second-order valence-electron chi connectivity index (χ2n) is 4.53. The quantitative estimate of drug-likeness (QED) is 0.786. The molecule has 1 aliphatic rings. The van der Waals surface area contributed by atoms with Crippen molar-refractivity contribution in [2.45, 2.75) is 19.3 Å². The van der Waals surface area contributed by atoms with Gasteiger partial charge in [-0.1, -0.05) is 18.2 Å². The van der Waals surface area contributed by atoms with E-state index >= 15 is 0 Å². The number of anilines is 1. The van der Waals surface area contributed by atoms with E-state index in [1.54, 1.807) is 0 Å². The number of piperidine rings is 1. The van der Waals surface area contributed by atoms with E-state index in [4.69, 9.17) is 0 Å². The lowest BCUT2D eigenvalue weighted by atomic mass is 10.1. The van der Waals surface area contributed by atoms with E-state index in [2.05, 4.69) is 28.3 Å². The first-order valence-corrected chi connectivity index (χ1v) is 6.28. The van der Waals surface area contributed by atoms with E-state index in [1.165, 1.54) is 38.0 Å². The number of para-hydroxylation sites is 1. The lowest BCUT2D eigenvalue weighted by Gasteiger charge is -2.27. The van der Waals surface area contributed by atoms with Gasteiger partial charge in [0.15, 0.2) is 0 Å². The highest BCUT2D eigenvalue weighted by atomic mass is 15.3. The molecule has 2 heterocycles. The van der Waals surface area contributed by atoms with Crippen molar-refractivity contribution >= 4 is 5.69 Å². The molecule has 1 aromatic carbocycles. The number of hydrogen-bond donors (Lipinski definition) is 0. The van der Waals surface area contributed by atoms with Crippen molar-refractivity contribution in [3.05, 3.63) is 42.7 Å². The second kappa shape index (κ2) is 4.62. The monoisotopic (exact) mass is 227 g/mol. The summed E-state index contributed by atoms with van der Waals surface area (Å²) >= 11 is 0. The van der Waals surface area contributed by atoms with Gasteiger partial charge < -0.3 is 4.90 Å². The Labute approximate surface area is 102 Å². The highest BCUT2D eigenvalue weighted by Crippen LogP contribution is 2.20. The van der Waals surface area contributed by atoms with Crippen LogP contribution in [0.1, 0.15) is 19.3 Å². The molecule has 3 nitrogen and oxygen atoms in total. The molecule has 3 rings (SSSR count). The molecule has 0 aliphatic carbocycles. The van der Waals surface area contributed by atoms with Gasteiger partial charge in [-0.25, -0.2) is 4.68 Å². The minimum atomic E-state index is 1.12. The normalized spacial score (nSPS) is 16.1. The van der Waals surface area contributed by atoms with Crippen LogP contribution in [-0.4, -0.2) is 22.9 Å². The molecule has 1 fully saturated rings. The Morgan fingerprint density at radius 1 is 0.882 bits per heavy atom. The molecular weight excluding hydrogens is 210 g/mol.